The molecular weight excluding hydrogens is 326 g/mol. The lowest BCUT2D eigenvalue weighted by Gasteiger charge is -2.01. The van der Waals surface area contributed by atoms with Gasteiger partial charge in [-0.15, -0.1) is 0 Å². The second-order valence-electron chi connectivity index (χ2n) is 5.16. The van der Waals surface area contributed by atoms with E-state index in [1.54, 1.807) is 30.3 Å². The van der Waals surface area contributed by atoms with Crippen LogP contribution in [0.15, 0.2) is 54.6 Å². The maximum atomic E-state index is 12.1. The molecule has 4 nitrogen and oxygen atoms in total. The van der Waals surface area contributed by atoms with Crippen LogP contribution < -0.4 is 5.48 Å². The lowest BCUT2D eigenvalue weighted by atomic mass is 10.1. The Kier molecular flexibility index (Phi) is 6.07. The van der Waals surface area contributed by atoms with Crippen molar-refractivity contribution in [2.45, 2.75) is 6.92 Å². The topological polar surface area (TPSA) is 66.4 Å². The number of aryl methyl sites for hydroxylation is 1. The molecule has 0 spiro atoms. The van der Waals surface area contributed by atoms with Crippen LogP contribution >= 0.6 is 11.6 Å². The highest BCUT2D eigenvalue weighted by Gasteiger charge is 2.03. The highest BCUT2D eigenvalue weighted by Crippen LogP contribution is 2.20. The monoisotopic (exact) mass is 341 g/mol. The summed E-state index contributed by atoms with van der Waals surface area (Å²) in [6.07, 6.45) is 5.83. The van der Waals surface area contributed by atoms with E-state index in [9.17, 15) is 9.59 Å². The van der Waals surface area contributed by atoms with Gasteiger partial charge in [0.25, 0.3) is 5.91 Å². The second-order valence-corrected chi connectivity index (χ2v) is 5.56. The van der Waals surface area contributed by atoms with Crippen LogP contribution in [-0.2, 0) is 4.79 Å². The van der Waals surface area contributed by atoms with Crippen molar-refractivity contribution in [3.63, 3.8) is 0 Å². The standard InChI is InChI=1S/C19H16ClNO3/c1-13-3-2-4-16(11-13)18(22)9-8-15-7-5-14(12-17(15)20)6-10-19(23)21-24/h2-12,24H,1H3,(H,21,23)/b9-8+,10-6+. The summed E-state index contributed by atoms with van der Waals surface area (Å²) in [5.74, 6) is -0.725. The molecule has 0 saturated carbocycles. The molecule has 2 aromatic carbocycles. The summed E-state index contributed by atoms with van der Waals surface area (Å²) in [4.78, 5) is 23.1. The van der Waals surface area contributed by atoms with E-state index in [4.69, 9.17) is 16.8 Å². The minimum atomic E-state index is -0.626. The number of allylic oxidation sites excluding steroid dienone is 1. The van der Waals surface area contributed by atoms with Gasteiger partial charge < -0.3 is 0 Å². The summed E-state index contributed by atoms with van der Waals surface area (Å²) in [7, 11) is 0. The zero-order chi connectivity index (χ0) is 17.5. The van der Waals surface area contributed by atoms with E-state index in [1.165, 1.54) is 23.7 Å². The SMILES string of the molecule is Cc1cccc(C(=O)/C=C/c2ccc(/C=C/C(=O)NO)cc2Cl)c1. The average Bonchev–Trinajstić information content (AvgIpc) is 2.58. The van der Waals surface area contributed by atoms with E-state index in [0.717, 1.165) is 5.56 Å². The first-order chi connectivity index (χ1) is 11.5. The highest BCUT2D eigenvalue weighted by molar-refractivity contribution is 6.32. The number of amides is 1. The normalized spacial score (nSPS) is 11.1. The van der Waals surface area contributed by atoms with E-state index in [1.807, 2.05) is 25.1 Å². The lowest BCUT2D eigenvalue weighted by molar-refractivity contribution is -0.124. The molecule has 0 atom stereocenters. The van der Waals surface area contributed by atoms with Crippen LogP contribution in [0.2, 0.25) is 5.02 Å². The first-order valence-electron chi connectivity index (χ1n) is 7.20. The molecule has 0 aliphatic carbocycles. The van der Waals surface area contributed by atoms with Gasteiger partial charge in [-0.2, -0.15) is 0 Å². The molecule has 0 unspecified atom stereocenters. The number of hydroxylamine groups is 1. The molecule has 0 aliphatic rings. The quantitative estimate of drug-likeness (QED) is 0.373. The predicted molar refractivity (Wildman–Crippen MR) is 95.0 cm³/mol. The highest BCUT2D eigenvalue weighted by atomic mass is 35.5. The van der Waals surface area contributed by atoms with Crippen molar-refractivity contribution in [1.82, 2.24) is 5.48 Å². The van der Waals surface area contributed by atoms with Crippen LogP contribution in [-0.4, -0.2) is 16.9 Å². The largest absolute Gasteiger partial charge is 0.289 e. The van der Waals surface area contributed by atoms with Gasteiger partial charge in [-0.25, -0.2) is 5.48 Å². The zero-order valence-electron chi connectivity index (χ0n) is 13.0. The van der Waals surface area contributed by atoms with Gasteiger partial charge in [0.2, 0.25) is 0 Å². The van der Waals surface area contributed by atoms with E-state index in [0.29, 0.717) is 21.7 Å². The molecule has 0 aromatic heterocycles. The van der Waals surface area contributed by atoms with E-state index in [-0.39, 0.29) is 5.78 Å². The van der Waals surface area contributed by atoms with Crippen molar-refractivity contribution in [1.29, 1.82) is 0 Å². The summed E-state index contributed by atoms with van der Waals surface area (Å²) >= 11 is 6.19. The fourth-order valence-electron chi connectivity index (χ4n) is 2.05. The minimum absolute atomic E-state index is 0.0987. The Balaban J connectivity index is 2.14. The van der Waals surface area contributed by atoms with Gasteiger partial charge in [0.1, 0.15) is 0 Å². The number of hydrogen-bond acceptors (Lipinski definition) is 3. The molecule has 0 aliphatic heterocycles. The smallest absolute Gasteiger partial charge is 0.267 e. The van der Waals surface area contributed by atoms with Crippen molar-refractivity contribution >= 4 is 35.4 Å². The van der Waals surface area contributed by atoms with Gasteiger partial charge in [-0.05, 0) is 48.4 Å². The summed E-state index contributed by atoms with van der Waals surface area (Å²) in [5, 5.41) is 8.88. The molecule has 2 aromatic rings. The molecule has 0 bridgehead atoms. The van der Waals surface area contributed by atoms with Crippen molar-refractivity contribution < 1.29 is 14.8 Å². The first-order valence-corrected chi connectivity index (χ1v) is 7.58. The van der Waals surface area contributed by atoms with Crippen molar-refractivity contribution in [3.8, 4) is 0 Å². The summed E-state index contributed by atoms with van der Waals surface area (Å²) in [6.45, 7) is 1.93. The van der Waals surface area contributed by atoms with Gasteiger partial charge in [0.05, 0.1) is 0 Å². The predicted octanol–water partition coefficient (Wildman–Crippen LogP) is 4.06. The van der Waals surface area contributed by atoms with E-state index < -0.39 is 5.91 Å². The number of halogens is 1. The van der Waals surface area contributed by atoms with Crippen molar-refractivity contribution in [3.05, 3.63) is 81.9 Å². The molecule has 24 heavy (non-hydrogen) atoms. The van der Waals surface area contributed by atoms with Crippen LogP contribution in [0.25, 0.3) is 12.2 Å². The third-order valence-corrected chi connectivity index (χ3v) is 3.61. The van der Waals surface area contributed by atoms with Crippen LogP contribution in [0, 0.1) is 6.92 Å². The van der Waals surface area contributed by atoms with Crippen LogP contribution in [0.4, 0.5) is 0 Å². The Labute approximate surface area is 145 Å². The summed E-state index contributed by atoms with van der Waals surface area (Å²) in [6, 6.07) is 12.5. The van der Waals surface area contributed by atoms with Crippen LogP contribution in [0.5, 0.6) is 0 Å². The number of ketones is 1. The maximum absolute atomic E-state index is 12.1. The molecule has 2 rings (SSSR count). The number of benzene rings is 2. The Morgan fingerprint density at radius 1 is 1.08 bits per heavy atom. The molecule has 1 amide bonds. The summed E-state index contributed by atoms with van der Waals surface area (Å²) < 4.78 is 0. The molecule has 0 radical (unpaired) electrons. The van der Waals surface area contributed by atoms with Gasteiger partial charge in [0, 0.05) is 16.7 Å². The number of carbonyl (C=O) groups is 2. The van der Waals surface area contributed by atoms with Crippen LogP contribution in [0.1, 0.15) is 27.0 Å². The molecule has 0 heterocycles. The third kappa shape index (κ3) is 4.91. The molecular formula is C19H16ClNO3. The lowest BCUT2D eigenvalue weighted by Crippen LogP contribution is -2.14. The second kappa shape index (κ2) is 8.24. The van der Waals surface area contributed by atoms with Gasteiger partial charge in [-0.1, -0.05) is 47.5 Å². The number of hydrogen-bond donors (Lipinski definition) is 2. The molecule has 0 saturated heterocycles. The molecule has 122 valence electrons. The van der Waals surface area contributed by atoms with Crippen molar-refractivity contribution in [2.24, 2.45) is 0 Å². The Bertz CT molecular complexity index is 825. The Hall–Kier alpha value is -2.69. The van der Waals surface area contributed by atoms with E-state index in [2.05, 4.69) is 0 Å². The van der Waals surface area contributed by atoms with Gasteiger partial charge in [0.15, 0.2) is 5.78 Å². The Morgan fingerprint density at radius 3 is 2.54 bits per heavy atom. The molecule has 0 fully saturated rings. The maximum Gasteiger partial charge on any atom is 0.267 e. The molecule has 5 heteroatoms. The number of nitrogens with one attached hydrogen (secondary N) is 1. The fraction of sp³-hybridized carbons (Fsp3) is 0.0526. The average molecular weight is 342 g/mol. The van der Waals surface area contributed by atoms with Crippen LogP contribution in [0.3, 0.4) is 0 Å². The fourth-order valence-corrected chi connectivity index (χ4v) is 2.30. The zero-order valence-corrected chi connectivity index (χ0v) is 13.7. The first kappa shape index (κ1) is 17.7. The van der Waals surface area contributed by atoms with E-state index >= 15 is 0 Å². The third-order valence-electron chi connectivity index (χ3n) is 3.28. The number of carbonyl (C=O) groups excluding carboxylic acids is 2. The van der Waals surface area contributed by atoms with Crippen molar-refractivity contribution in [2.75, 3.05) is 0 Å². The summed E-state index contributed by atoms with van der Waals surface area (Å²) in [5.41, 5.74) is 4.55. The number of rotatable bonds is 5. The Morgan fingerprint density at radius 2 is 1.88 bits per heavy atom. The molecule has 2 N–H and O–H groups in total. The van der Waals surface area contributed by atoms with Gasteiger partial charge >= 0.3 is 0 Å². The minimum Gasteiger partial charge on any atom is -0.289 e. The van der Waals surface area contributed by atoms with Gasteiger partial charge in [-0.3, -0.25) is 14.8 Å².